The van der Waals surface area contributed by atoms with Crippen molar-refractivity contribution in [1.82, 2.24) is 9.78 Å². The van der Waals surface area contributed by atoms with Gasteiger partial charge >= 0.3 is 12.1 Å². The Bertz CT molecular complexity index is 1750. The molecule has 1 spiro atoms. The van der Waals surface area contributed by atoms with E-state index in [0.29, 0.717) is 15.7 Å². The number of ether oxygens (including phenoxy) is 2. The number of esters is 1. The number of hydrogen-bond donors (Lipinski definition) is 0. The summed E-state index contributed by atoms with van der Waals surface area (Å²) >= 11 is 9.72. The second-order valence-corrected chi connectivity index (χ2v) is 11.3. The number of nitrogens with zero attached hydrogens (tertiary/aromatic N) is 3. The lowest BCUT2D eigenvalue weighted by Crippen LogP contribution is -2.66. The number of carbonyl (C=O) groups excluding carboxylic acids is 2. The summed E-state index contributed by atoms with van der Waals surface area (Å²) in [5, 5.41) is 4.41. The van der Waals surface area contributed by atoms with E-state index in [9.17, 15) is 9.59 Å². The maximum atomic E-state index is 15.9. The Morgan fingerprint density at radius 2 is 1.83 bits per heavy atom. The zero-order valence-electron chi connectivity index (χ0n) is 22.2. The molecule has 1 aromatic heterocycles. The Balaban J connectivity index is 1.70. The molecule has 216 valence electrons. The molecule has 7 nitrogen and oxygen atoms in total. The van der Waals surface area contributed by atoms with Crippen LogP contribution in [0.25, 0.3) is 5.69 Å². The highest BCUT2D eigenvalue weighted by Crippen LogP contribution is 2.67. The third-order valence-electron chi connectivity index (χ3n) is 7.59. The topological polar surface area (TPSA) is 73.7 Å². The molecule has 0 fully saturated rings. The molecule has 1 amide bonds. The predicted molar refractivity (Wildman–Crippen MR) is 152 cm³/mol. The van der Waals surface area contributed by atoms with Crippen molar-refractivity contribution < 1.29 is 32.2 Å². The molecule has 2 aliphatic heterocycles. The van der Waals surface area contributed by atoms with Gasteiger partial charge in [0.25, 0.3) is 5.91 Å². The number of benzene rings is 3. The van der Waals surface area contributed by atoms with Crippen molar-refractivity contribution >= 4 is 45.1 Å². The van der Waals surface area contributed by atoms with Crippen molar-refractivity contribution in [2.75, 3.05) is 11.5 Å². The van der Waals surface area contributed by atoms with Crippen LogP contribution in [0.1, 0.15) is 29.3 Å². The van der Waals surface area contributed by atoms with Gasteiger partial charge in [0.05, 0.1) is 35.8 Å². The second kappa shape index (κ2) is 9.88. The summed E-state index contributed by atoms with van der Waals surface area (Å²) in [6.45, 7) is 2.29. The number of rotatable bonds is 5. The highest BCUT2D eigenvalue weighted by atomic mass is 79.9. The third kappa shape index (κ3) is 3.75. The molecule has 0 saturated heterocycles. The van der Waals surface area contributed by atoms with E-state index < -0.39 is 40.5 Å². The average Bonchev–Trinajstić information content (AvgIpc) is 3.52. The van der Waals surface area contributed by atoms with Crippen LogP contribution in [-0.4, -0.2) is 34.4 Å². The lowest BCUT2D eigenvalue weighted by Gasteiger charge is -2.40. The van der Waals surface area contributed by atoms with Gasteiger partial charge in [-0.1, -0.05) is 63.9 Å². The lowest BCUT2D eigenvalue weighted by atomic mass is 9.65. The largest absolute Gasteiger partial charge is 0.465 e. The van der Waals surface area contributed by atoms with Crippen molar-refractivity contribution in [2.24, 2.45) is 0 Å². The van der Waals surface area contributed by atoms with Crippen LogP contribution in [0.15, 0.2) is 77.3 Å². The van der Waals surface area contributed by atoms with Crippen LogP contribution in [-0.2, 0) is 31.9 Å². The second-order valence-electron chi connectivity index (χ2n) is 9.95. The van der Waals surface area contributed by atoms with E-state index in [4.69, 9.17) is 21.1 Å². The number of aromatic nitrogens is 2. The number of halogens is 5. The van der Waals surface area contributed by atoms with Gasteiger partial charge in [0.15, 0.2) is 0 Å². The van der Waals surface area contributed by atoms with Gasteiger partial charge < -0.3 is 14.4 Å². The minimum Gasteiger partial charge on any atom is -0.465 e. The van der Waals surface area contributed by atoms with Crippen LogP contribution in [0.4, 0.5) is 18.9 Å². The number of carbonyl (C=O) groups is 2. The van der Waals surface area contributed by atoms with Crippen LogP contribution in [0.2, 0.25) is 5.02 Å². The van der Waals surface area contributed by atoms with Gasteiger partial charge in [-0.25, -0.2) is 4.68 Å². The number of fused-ring (bicyclic) bond motifs is 3. The molecule has 4 aromatic rings. The molecule has 0 bridgehead atoms. The van der Waals surface area contributed by atoms with Crippen molar-refractivity contribution in [3.05, 3.63) is 105 Å². The Labute approximate surface area is 251 Å². The summed E-state index contributed by atoms with van der Waals surface area (Å²) in [5.74, 6) is -3.14. The maximum Gasteiger partial charge on any atom is 0.414 e. The van der Waals surface area contributed by atoms with Gasteiger partial charge in [-0.3, -0.25) is 9.59 Å². The smallest absolute Gasteiger partial charge is 0.414 e. The minimum absolute atomic E-state index is 0.0623. The highest BCUT2D eigenvalue weighted by Gasteiger charge is 2.85. The molecule has 3 aromatic carbocycles. The zero-order valence-corrected chi connectivity index (χ0v) is 24.5. The first-order valence-corrected chi connectivity index (χ1v) is 14.1. The standard InChI is InChI=1S/C30H22BrClF3N3O4/c1-3-41-27(40)28(30(33,34)35)24-17(2)36-38(21-11-7-10-19(31)14-21)25(24)42-29(28)22-15-20(32)12-13-23(22)37(26(29)39)16-18-8-5-4-6-9-18/h4-15H,3,16H2,1-2H3/t28-,29-/m0/s1. The Morgan fingerprint density at radius 3 is 2.50 bits per heavy atom. The van der Waals surface area contributed by atoms with Crippen molar-refractivity contribution in [1.29, 1.82) is 0 Å². The average molecular weight is 661 g/mol. The number of hydrogen-bond acceptors (Lipinski definition) is 5. The van der Waals surface area contributed by atoms with Crippen molar-refractivity contribution in [3.8, 4) is 11.6 Å². The zero-order chi connectivity index (χ0) is 30.0. The Hall–Kier alpha value is -3.83. The Morgan fingerprint density at radius 1 is 1.10 bits per heavy atom. The van der Waals surface area contributed by atoms with E-state index in [2.05, 4.69) is 21.0 Å². The van der Waals surface area contributed by atoms with Crippen molar-refractivity contribution in [2.45, 2.75) is 37.6 Å². The monoisotopic (exact) mass is 659 g/mol. The molecular weight excluding hydrogens is 639 g/mol. The molecule has 0 saturated carbocycles. The molecule has 3 heterocycles. The first-order chi connectivity index (χ1) is 20.0. The minimum atomic E-state index is -5.38. The van der Waals surface area contributed by atoms with Gasteiger partial charge in [0.2, 0.25) is 16.9 Å². The normalized spacial score (nSPS) is 20.9. The predicted octanol–water partition coefficient (Wildman–Crippen LogP) is 6.79. The van der Waals surface area contributed by atoms with E-state index in [-0.39, 0.29) is 35.1 Å². The molecule has 0 radical (unpaired) electrons. The first kappa shape index (κ1) is 28.3. The number of alkyl halides is 3. The maximum absolute atomic E-state index is 15.9. The molecule has 0 unspecified atom stereocenters. The molecular formula is C30H22BrClF3N3O4. The van der Waals surface area contributed by atoms with Crippen LogP contribution < -0.4 is 9.64 Å². The van der Waals surface area contributed by atoms with Gasteiger partial charge in [0, 0.05) is 15.1 Å². The highest BCUT2D eigenvalue weighted by molar-refractivity contribution is 9.10. The molecule has 6 rings (SSSR count). The SMILES string of the molecule is CCOC(=O)[C@@]1(C(F)(F)F)c2c(C)nn(-c3cccc(Br)c3)c2O[C@@]12C(=O)N(Cc1ccccc1)c1ccc(Cl)cc12. The summed E-state index contributed by atoms with van der Waals surface area (Å²) in [4.78, 5) is 29.8. The summed E-state index contributed by atoms with van der Waals surface area (Å²) in [7, 11) is 0. The van der Waals surface area contributed by atoms with E-state index in [1.165, 1.54) is 41.6 Å². The lowest BCUT2D eigenvalue weighted by molar-refractivity contribution is -0.237. The summed E-state index contributed by atoms with van der Waals surface area (Å²) in [5.41, 5.74) is -6.33. The molecule has 0 N–H and O–H groups in total. The van der Waals surface area contributed by atoms with E-state index in [1.807, 2.05) is 0 Å². The fourth-order valence-corrected chi connectivity index (χ4v) is 6.54. The fourth-order valence-electron chi connectivity index (χ4n) is 5.98. The molecule has 2 atom stereocenters. The van der Waals surface area contributed by atoms with Gasteiger partial charge in [-0.15, -0.1) is 0 Å². The number of aryl methyl sites for hydroxylation is 1. The van der Waals surface area contributed by atoms with Crippen LogP contribution >= 0.6 is 27.5 Å². The molecule has 42 heavy (non-hydrogen) atoms. The summed E-state index contributed by atoms with van der Waals surface area (Å²) in [6.07, 6.45) is -5.38. The van der Waals surface area contributed by atoms with Crippen LogP contribution in [0.3, 0.4) is 0 Å². The van der Waals surface area contributed by atoms with Gasteiger partial charge in [-0.05, 0) is 55.8 Å². The van der Waals surface area contributed by atoms with Crippen LogP contribution in [0, 0.1) is 6.92 Å². The van der Waals surface area contributed by atoms with Crippen molar-refractivity contribution in [3.63, 3.8) is 0 Å². The molecule has 0 aliphatic carbocycles. The summed E-state index contributed by atoms with van der Waals surface area (Å²) < 4.78 is 61.0. The molecule has 2 aliphatic rings. The quantitative estimate of drug-likeness (QED) is 0.221. The third-order valence-corrected chi connectivity index (χ3v) is 8.32. The Kier molecular flexibility index (Phi) is 6.65. The number of anilines is 1. The fraction of sp³-hybridized carbons (Fsp3) is 0.233. The van der Waals surface area contributed by atoms with Gasteiger partial charge in [0.1, 0.15) is 0 Å². The van der Waals surface area contributed by atoms with E-state index >= 15 is 13.2 Å². The summed E-state index contributed by atoms with van der Waals surface area (Å²) in [6, 6.07) is 19.6. The van der Waals surface area contributed by atoms with E-state index in [1.54, 1.807) is 54.6 Å². The first-order valence-electron chi connectivity index (χ1n) is 12.9. The van der Waals surface area contributed by atoms with Gasteiger partial charge in [-0.2, -0.15) is 18.3 Å². The number of amides is 1. The van der Waals surface area contributed by atoms with E-state index in [0.717, 1.165) is 0 Å². The molecule has 12 heteroatoms. The van der Waals surface area contributed by atoms with Crippen LogP contribution in [0.5, 0.6) is 5.88 Å².